The molecule has 0 aromatic heterocycles. The Balaban J connectivity index is 1.23. The lowest BCUT2D eigenvalue weighted by molar-refractivity contribution is 0.102. The molecule has 1 saturated heterocycles. The minimum absolute atomic E-state index is 0.141. The summed E-state index contributed by atoms with van der Waals surface area (Å²) in [4.78, 5) is 17.7. The Bertz CT molecular complexity index is 1260. The molecular formula is C30H29N3O2. The van der Waals surface area contributed by atoms with Gasteiger partial charge in [0, 0.05) is 43.1 Å². The Morgan fingerprint density at radius 3 is 2.11 bits per heavy atom. The van der Waals surface area contributed by atoms with Gasteiger partial charge in [0.1, 0.15) is 11.5 Å². The molecule has 5 rings (SSSR count). The number of amides is 1. The largest absolute Gasteiger partial charge is 0.457 e. The van der Waals surface area contributed by atoms with Crippen molar-refractivity contribution < 1.29 is 9.53 Å². The quantitative estimate of drug-likeness (QED) is 0.373. The number of nitrogens with one attached hydrogen (secondary N) is 1. The fourth-order valence-corrected chi connectivity index (χ4v) is 4.20. The normalized spacial score (nSPS) is 13.9. The lowest BCUT2D eigenvalue weighted by Gasteiger charge is -2.34. The van der Waals surface area contributed by atoms with E-state index in [1.54, 1.807) is 0 Å². The molecule has 0 unspecified atom stereocenters. The van der Waals surface area contributed by atoms with Crippen molar-refractivity contribution in [1.82, 2.24) is 4.90 Å². The van der Waals surface area contributed by atoms with Crippen LogP contribution in [0.3, 0.4) is 0 Å². The van der Waals surface area contributed by atoms with Crippen LogP contribution in [0.1, 0.15) is 10.4 Å². The van der Waals surface area contributed by atoms with Crippen molar-refractivity contribution in [1.29, 1.82) is 0 Å². The third kappa shape index (κ3) is 5.70. The van der Waals surface area contributed by atoms with Crippen molar-refractivity contribution >= 4 is 17.3 Å². The maximum absolute atomic E-state index is 12.9. The number of rotatable bonds is 6. The third-order valence-corrected chi connectivity index (χ3v) is 6.28. The number of para-hydroxylation sites is 1. The number of benzene rings is 4. The predicted molar refractivity (Wildman–Crippen MR) is 142 cm³/mol. The molecule has 1 aliphatic rings. The zero-order valence-electron chi connectivity index (χ0n) is 19.9. The second-order valence-corrected chi connectivity index (χ2v) is 8.81. The second-order valence-electron chi connectivity index (χ2n) is 8.81. The molecule has 1 fully saturated rings. The van der Waals surface area contributed by atoms with Crippen LogP contribution in [0.4, 0.5) is 11.4 Å². The van der Waals surface area contributed by atoms with Crippen molar-refractivity contribution in [2.45, 2.75) is 0 Å². The average Bonchev–Trinajstić information content (AvgIpc) is 2.91. The average molecular weight is 464 g/mol. The molecule has 5 nitrogen and oxygen atoms in total. The topological polar surface area (TPSA) is 44.8 Å². The molecule has 4 aromatic rings. The molecule has 5 heteroatoms. The van der Waals surface area contributed by atoms with E-state index < -0.39 is 0 Å². The summed E-state index contributed by atoms with van der Waals surface area (Å²) in [6.07, 6.45) is 0. The van der Waals surface area contributed by atoms with Crippen LogP contribution < -0.4 is 15.0 Å². The lowest BCUT2D eigenvalue weighted by atomic mass is 10.0. The fourth-order valence-electron chi connectivity index (χ4n) is 4.20. The van der Waals surface area contributed by atoms with E-state index in [4.69, 9.17) is 4.74 Å². The molecule has 0 aliphatic carbocycles. The van der Waals surface area contributed by atoms with Gasteiger partial charge in [-0.1, -0.05) is 42.5 Å². The number of anilines is 2. The van der Waals surface area contributed by atoms with Crippen LogP contribution in [-0.2, 0) is 0 Å². The van der Waals surface area contributed by atoms with Gasteiger partial charge >= 0.3 is 0 Å². The first-order valence-electron chi connectivity index (χ1n) is 11.9. The summed E-state index contributed by atoms with van der Waals surface area (Å²) in [6.45, 7) is 4.26. The molecule has 1 aliphatic heterocycles. The fraction of sp³-hybridized carbons (Fsp3) is 0.167. The number of hydrogen-bond donors (Lipinski definition) is 1. The Labute approximate surface area is 206 Å². The van der Waals surface area contributed by atoms with E-state index in [0.29, 0.717) is 5.56 Å². The molecule has 0 saturated carbocycles. The molecule has 35 heavy (non-hydrogen) atoms. The molecule has 1 heterocycles. The van der Waals surface area contributed by atoms with Crippen LogP contribution in [-0.4, -0.2) is 44.0 Å². The van der Waals surface area contributed by atoms with Gasteiger partial charge in [-0.3, -0.25) is 4.79 Å². The number of hydrogen-bond acceptors (Lipinski definition) is 4. The maximum Gasteiger partial charge on any atom is 0.255 e. The van der Waals surface area contributed by atoms with Crippen LogP contribution in [0.15, 0.2) is 103 Å². The molecule has 4 aromatic carbocycles. The number of piperazine rings is 1. The summed E-state index contributed by atoms with van der Waals surface area (Å²) in [5.41, 5.74) is 4.71. The summed E-state index contributed by atoms with van der Waals surface area (Å²) in [5, 5.41) is 2.98. The van der Waals surface area contributed by atoms with Gasteiger partial charge in [-0.2, -0.15) is 0 Å². The Morgan fingerprint density at radius 2 is 1.40 bits per heavy atom. The monoisotopic (exact) mass is 463 g/mol. The van der Waals surface area contributed by atoms with Crippen molar-refractivity contribution in [3.05, 3.63) is 109 Å². The zero-order chi connectivity index (χ0) is 24.0. The van der Waals surface area contributed by atoms with E-state index in [1.807, 2.05) is 78.9 Å². The Kier molecular flexibility index (Phi) is 6.77. The van der Waals surface area contributed by atoms with Gasteiger partial charge in [-0.15, -0.1) is 0 Å². The molecule has 0 bridgehead atoms. The number of carbonyl (C=O) groups is 1. The van der Waals surface area contributed by atoms with Gasteiger partial charge in [-0.05, 0) is 78.8 Å². The summed E-state index contributed by atoms with van der Waals surface area (Å²) in [6, 6.07) is 33.4. The molecule has 0 atom stereocenters. The summed E-state index contributed by atoms with van der Waals surface area (Å²) < 4.78 is 5.82. The molecule has 176 valence electrons. The van der Waals surface area contributed by atoms with E-state index in [-0.39, 0.29) is 5.91 Å². The highest BCUT2D eigenvalue weighted by molar-refractivity contribution is 6.05. The maximum atomic E-state index is 12.9. The SMILES string of the molecule is CN1CCN(c2ccc(-c3cccc(C(=O)Nc4ccc(Oc5ccccc5)cc4)c3)cc2)CC1. The van der Waals surface area contributed by atoms with E-state index >= 15 is 0 Å². The Morgan fingerprint density at radius 1 is 0.714 bits per heavy atom. The van der Waals surface area contributed by atoms with Gasteiger partial charge in [0.2, 0.25) is 0 Å². The first-order valence-corrected chi connectivity index (χ1v) is 11.9. The molecular weight excluding hydrogens is 434 g/mol. The first kappa shape index (κ1) is 22.7. The number of carbonyl (C=O) groups excluding carboxylic acids is 1. The predicted octanol–water partition coefficient (Wildman–Crippen LogP) is 6.15. The van der Waals surface area contributed by atoms with Crippen LogP contribution in [0, 0.1) is 0 Å². The highest BCUT2D eigenvalue weighted by Crippen LogP contribution is 2.26. The van der Waals surface area contributed by atoms with Gasteiger partial charge in [0.25, 0.3) is 5.91 Å². The van der Waals surface area contributed by atoms with E-state index in [0.717, 1.165) is 54.5 Å². The number of ether oxygens (including phenoxy) is 1. The van der Waals surface area contributed by atoms with Gasteiger partial charge in [0.15, 0.2) is 0 Å². The smallest absolute Gasteiger partial charge is 0.255 e. The molecule has 0 spiro atoms. The van der Waals surface area contributed by atoms with E-state index in [9.17, 15) is 4.79 Å². The molecule has 0 radical (unpaired) electrons. The van der Waals surface area contributed by atoms with Crippen molar-refractivity contribution in [3.8, 4) is 22.6 Å². The van der Waals surface area contributed by atoms with E-state index in [1.165, 1.54) is 5.69 Å². The standard InChI is InChI=1S/C30H29N3O2/c1-32-18-20-33(21-19-32)27-14-10-23(11-15-27)24-6-5-7-25(22-24)30(34)31-26-12-16-29(17-13-26)35-28-8-3-2-4-9-28/h2-17,22H,18-21H2,1H3,(H,31,34). The second kappa shape index (κ2) is 10.5. The highest BCUT2D eigenvalue weighted by atomic mass is 16.5. The van der Waals surface area contributed by atoms with Gasteiger partial charge < -0.3 is 19.9 Å². The Hall–Kier alpha value is -4.09. The minimum atomic E-state index is -0.141. The van der Waals surface area contributed by atoms with Crippen LogP contribution in [0.2, 0.25) is 0 Å². The van der Waals surface area contributed by atoms with Gasteiger partial charge in [0.05, 0.1) is 0 Å². The molecule has 1 amide bonds. The van der Waals surface area contributed by atoms with Crippen LogP contribution in [0.5, 0.6) is 11.5 Å². The molecule has 1 N–H and O–H groups in total. The summed E-state index contributed by atoms with van der Waals surface area (Å²) >= 11 is 0. The van der Waals surface area contributed by atoms with Crippen LogP contribution >= 0.6 is 0 Å². The van der Waals surface area contributed by atoms with E-state index in [2.05, 4.69) is 46.4 Å². The van der Waals surface area contributed by atoms with Crippen molar-refractivity contribution in [2.24, 2.45) is 0 Å². The zero-order valence-corrected chi connectivity index (χ0v) is 19.9. The summed E-state index contributed by atoms with van der Waals surface area (Å²) in [7, 11) is 2.17. The van der Waals surface area contributed by atoms with Crippen LogP contribution in [0.25, 0.3) is 11.1 Å². The summed E-state index contributed by atoms with van der Waals surface area (Å²) in [5.74, 6) is 1.35. The minimum Gasteiger partial charge on any atom is -0.457 e. The number of likely N-dealkylation sites (N-methyl/N-ethyl adjacent to an activating group) is 1. The van der Waals surface area contributed by atoms with Crippen molar-refractivity contribution in [3.63, 3.8) is 0 Å². The number of nitrogens with zero attached hydrogens (tertiary/aromatic N) is 2. The highest BCUT2D eigenvalue weighted by Gasteiger charge is 2.14. The first-order chi connectivity index (χ1) is 17.1. The van der Waals surface area contributed by atoms with Gasteiger partial charge in [-0.25, -0.2) is 0 Å². The third-order valence-electron chi connectivity index (χ3n) is 6.28. The van der Waals surface area contributed by atoms with Crippen molar-refractivity contribution in [2.75, 3.05) is 43.4 Å². The lowest BCUT2D eigenvalue weighted by Crippen LogP contribution is -2.44.